The normalized spacial score (nSPS) is 12.7. The second kappa shape index (κ2) is 7.87. The van der Waals surface area contributed by atoms with Crippen molar-refractivity contribution in [2.75, 3.05) is 6.54 Å². The lowest BCUT2D eigenvalue weighted by Gasteiger charge is -2.20. The Morgan fingerprint density at radius 1 is 1.44 bits per heavy atom. The monoisotopic (exact) mass is 253 g/mol. The lowest BCUT2D eigenvalue weighted by atomic mass is 9.96. The number of hydrogen-bond acceptors (Lipinski definition) is 3. The van der Waals surface area contributed by atoms with Crippen LogP contribution in [-0.4, -0.2) is 33.2 Å². The lowest BCUT2D eigenvalue weighted by molar-refractivity contribution is -0.121. The van der Waals surface area contributed by atoms with E-state index in [4.69, 9.17) is 0 Å². The van der Waals surface area contributed by atoms with Crippen LogP contribution >= 0.6 is 0 Å². The van der Waals surface area contributed by atoms with Gasteiger partial charge in [0.2, 0.25) is 5.91 Å². The number of aromatic nitrogens is 2. The molecule has 0 bridgehead atoms. The first-order chi connectivity index (χ1) is 8.67. The van der Waals surface area contributed by atoms with Crippen molar-refractivity contribution < 1.29 is 9.90 Å². The van der Waals surface area contributed by atoms with Gasteiger partial charge < -0.3 is 15.0 Å². The SMILES string of the molecule is CCC(CC)C(O)CNC(=O)CCn1ccnc1. The quantitative estimate of drug-likeness (QED) is 0.731. The summed E-state index contributed by atoms with van der Waals surface area (Å²) in [5, 5.41) is 12.7. The maximum Gasteiger partial charge on any atom is 0.221 e. The van der Waals surface area contributed by atoms with E-state index in [-0.39, 0.29) is 11.8 Å². The van der Waals surface area contributed by atoms with Crippen LogP contribution in [0.4, 0.5) is 0 Å². The van der Waals surface area contributed by atoms with Crippen molar-refractivity contribution in [1.82, 2.24) is 14.9 Å². The number of aliphatic hydroxyl groups is 1. The molecular formula is C13H23N3O2. The molecule has 1 aromatic rings. The van der Waals surface area contributed by atoms with Crippen molar-refractivity contribution >= 4 is 5.91 Å². The number of aliphatic hydroxyl groups excluding tert-OH is 1. The van der Waals surface area contributed by atoms with Crippen LogP contribution in [0, 0.1) is 5.92 Å². The molecule has 1 atom stereocenters. The fraction of sp³-hybridized carbons (Fsp3) is 0.692. The predicted octanol–water partition coefficient (Wildman–Crippen LogP) is 1.19. The van der Waals surface area contributed by atoms with Crippen molar-refractivity contribution in [3.8, 4) is 0 Å². The minimum Gasteiger partial charge on any atom is -0.391 e. The molecular weight excluding hydrogens is 230 g/mol. The molecule has 1 unspecified atom stereocenters. The number of nitrogens with zero attached hydrogens (tertiary/aromatic N) is 2. The Morgan fingerprint density at radius 3 is 2.72 bits per heavy atom. The van der Waals surface area contributed by atoms with Crippen molar-refractivity contribution in [3.63, 3.8) is 0 Å². The van der Waals surface area contributed by atoms with Crippen LogP contribution in [0.3, 0.4) is 0 Å². The third-order valence-electron chi connectivity index (χ3n) is 3.26. The molecule has 2 N–H and O–H groups in total. The first kappa shape index (κ1) is 14.7. The number of imidazole rings is 1. The predicted molar refractivity (Wildman–Crippen MR) is 69.9 cm³/mol. The largest absolute Gasteiger partial charge is 0.391 e. The molecule has 0 aliphatic rings. The average Bonchev–Trinajstić information content (AvgIpc) is 2.88. The van der Waals surface area contributed by atoms with E-state index in [9.17, 15) is 9.90 Å². The fourth-order valence-electron chi connectivity index (χ4n) is 1.96. The Kier molecular flexibility index (Phi) is 6.43. The van der Waals surface area contributed by atoms with E-state index in [2.05, 4.69) is 24.1 Å². The molecule has 18 heavy (non-hydrogen) atoms. The summed E-state index contributed by atoms with van der Waals surface area (Å²) < 4.78 is 1.86. The zero-order chi connectivity index (χ0) is 13.4. The van der Waals surface area contributed by atoms with Gasteiger partial charge >= 0.3 is 0 Å². The minimum atomic E-state index is -0.447. The van der Waals surface area contributed by atoms with E-state index in [1.54, 1.807) is 12.5 Å². The zero-order valence-electron chi connectivity index (χ0n) is 11.2. The number of aryl methyl sites for hydroxylation is 1. The van der Waals surface area contributed by atoms with Crippen LogP contribution in [0.15, 0.2) is 18.7 Å². The first-order valence-electron chi connectivity index (χ1n) is 6.57. The van der Waals surface area contributed by atoms with Gasteiger partial charge in [-0.2, -0.15) is 0 Å². The highest BCUT2D eigenvalue weighted by molar-refractivity contribution is 5.75. The molecule has 0 aliphatic carbocycles. The molecule has 5 nitrogen and oxygen atoms in total. The second-order valence-corrected chi connectivity index (χ2v) is 4.50. The molecule has 1 amide bonds. The highest BCUT2D eigenvalue weighted by atomic mass is 16.3. The zero-order valence-corrected chi connectivity index (χ0v) is 11.2. The summed E-state index contributed by atoms with van der Waals surface area (Å²) in [6.07, 6.45) is 7.03. The number of rotatable bonds is 8. The molecule has 102 valence electrons. The Balaban J connectivity index is 2.20. The highest BCUT2D eigenvalue weighted by Crippen LogP contribution is 2.12. The summed E-state index contributed by atoms with van der Waals surface area (Å²) in [5.74, 6) is 0.229. The van der Waals surface area contributed by atoms with Gasteiger partial charge in [0.1, 0.15) is 0 Å². The molecule has 0 saturated carbocycles. The van der Waals surface area contributed by atoms with E-state index >= 15 is 0 Å². The third-order valence-corrected chi connectivity index (χ3v) is 3.26. The Bertz CT molecular complexity index is 334. The molecule has 1 rings (SSSR count). The molecule has 0 aliphatic heterocycles. The van der Waals surface area contributed by atoms with Gasteiger partial charge in [0.05, 0.1) is 12.4 Å². The van der Waals surface area contributed by atoms with Crippen molar-refractivity contribution in [3.05, 3.63) is 18.7 Å². The van der Waals surface area contributed by atoms with Crippen molar-refractivity contribution in [1.29, 1.82) is 0 Å². The fourth-order valence-corrected chi connectivity index (χ4v) is 1.96. The first-order valence-corrected chi connectivity index (χ1v) is 6.57. The number of hydrogen-bond donors (Lipinski definition) is 2. The van der Waals surface area contributed by atoms with Crippen LogP contribution in [0.1, 0.15) is 33.1 Å². The van der Waals surface area contributed by atoms with Gasteiger partial charge in [0.15, 0.2) is 0 Å². The molecule has 0 aromatic carbocycles. The van der Waals surface area contributed by atoms with E-state index in [0.29, 0.717) is 19.5 Å². The summed E-state index contributed by atoms with van der Waals surface area (Å²) in [7, 11) is 0. The number of nitrogens with one attached hydrogen (secondary N) is 1. The van der Waals surface area contributed by atoms with Gasteiger partial charge in [0, 0.05) is 31.9 Å². The van der Waals surface area contributed by atoms with Crippen LogP contribution in [-0.2, 0) is 11.3 Å². The molecule has 1 heterocycles. The highest BCUT2D eigenvalue weighted by Gasteiger charge is 2.15. The molecule has 0 radical (unpaired) electrons. The summed E-state index contributed by atoms with van der Waals surface area (Å²) in [5.41, 5.74) is 0. The van der Waals surface area contributed by atoms with E-state index < -0.39 is 6.10 Å². The van der Waals surface area contributed by atoms with Crippen LogP contribution in [0.25, 0.3) is 0 Å². The Labute approximate surface area is 108 Å². The van der Waals surface area contributed by atoms with Gasteiger partial charge in [-0.3, -0.25) is 4.79 Å². The minimum absolute atomic E-state index is 0.0336. The Hall–Kier alpha value is -1.36. The third kappa shape index (κ3) is 4.87. The standard InChI is InChI=1S/C13H23N3O2/c1-3-11(4-2)12(17)9-15-13(18)5-7-16-8-6-14-10-16/h6,8,10-12,17H,3-5,7,9H2,1-2H3,(H,15,18). The topological polar surface area (TPSA) is 67.2 Å². The van der Waals surface area contributed by atoms with Crippen molar-refractivity contribution in [2.24, 2.45) is 5.92 Å². The smallest absolute Gasteiger partial charge is 0.221 e. The molecule has 1 aromatic heterocycles. The van der Waals surface area contributed by atoms with Gasteiger partial charge in [-0.05, 0) is 5.92 Å². The average molecular weight is 253 g/mol. The number of amides is 1. The van der Waals surface area contributed by atoms with Crippen LogP contribution in [0.2, 0.25) is 0 Å². The van der Waals surface area contributed by atoms with Gasteiger partial charge in [-0.25, -0.2) is 4.98 Å². The summed E-state index contributed by atoms with van der Waals surface area (Å²) >= 11 is 0. The molecule has 0 fully saturated rings. The number of carbonyl (C=O) groups excluding carboxylic acids is 1. The van der Waals surface area contributed by atoms with E-state index in [0.717, 1.165) is 12.8 Å². The summed E-state index contributed by atoms with van der Waals surface area (Å²) in [6.45, 7) is 5.07. The lowest BCUT2D eigenvalue weighted by Crippen LogP contribution is -2.36. The van der Waals surface area contributed by atoms with Gasteiger partial charge in [-0.1, -0.05) is 26.7 Å². The van der Waals surface area contributed by atoms with Gasteiger partial charge in [-0.15, -0.1) is 0 Å². The van der Waals surface area contributed by atoms with Gasteiger partial charge in [0.25, 0.3) is 0 Å². The molecule has 5 heteroatoms. The van der Waals surface area contributed by atoms with E-state index in [1.165, 1.54) is 0 Å². The molecule has 0 spiro atoms. The summed E-state index contributed by atoms with van der Waals surface area (Å²) in [4.78, 5) is 15.5. The van der Waals surface area contributed by atoms with Crippen LogP contribution in [0.5, 0.6) is 0 Å². The number of carbonyl (C=O) groups is 1. The molecule has 0 saturated heterocycles. The van der Waals surface area contributed by atoms with Crippen LogP contribution < -0.4 is 5.32 Å². The maximum absolute atomic E-state index is 11.6. The summed E-state index contributed by atoms with van der Waals surface area (Å²) in [6, 6.07) is 0. The second-order valence-electron chi connectivity index (χ2n) is 4.50. The van der Waals surface area contributed by atoms with E-state index in [1.807, 2.05) is 10.8 Å². The van der Waals surface area contributed by atoms with Crippen molar-refractivity contribution in [2.45, 2.75) is 45.8 Å². The maximum atomic E-state index is 11.6. The Morgan fingerprint density at radius 2 is 2.17 bits per heavy atom.